The first-order valence-corrected chi connectivity index (χ1v) is 4.98. The molecule has 0 aliphatic heterocycles. The van der Waals surface area contributed by atoms with Gasteiger partial charge in [-0.2, -0.15) is 0 Å². The van der Waals surface area contributed by atoms with Crippen LogP contribution in [0.1, 0.15) is 16.9 Å². The number of aliphatic hydroxyl groups excluding tert-OH is 1. The second-order valence-corrected chi connectivity index (χ2v) is 3.72. The van der Waals surface area contributed by atoms with Crippen LogP contribution in [0.15, 0.2) is 34.7 Å². The first kappa shape index (κ1) is 9.99. The first-order chi connectivity index (χ1) is 7.20. The Morgan fingerprint density at radius 3 is 2.47 bits per heavy atom. The van der Waals surface area contributed by atoms with E-state index in [4.69, 9.17) is 9.52 Å². The van der Waals surface area contributed by atoms with Gasteiger partial charge in [0.15, 0.2) is 0 Å². The van der Waals surface area contributed by atoms with Gasteiger partial charge in [0.05, 0.1) is 6.61 Å². The van der Waals surface area contributed by atoms with Crippen molar-refractivity contribution in [2.45, 2.75) is 20.5 Å². The third-order valence-electron chi connectivity index (χ3n) is 2.48. The monoisotopic (exact) mass is 202 g/mol. The highest BCUT2D eigenvalue weighted by Crippen LogP contribution is 2.26. The Kier molecular flexibility index (Phi) is 2.60. The van der Waals surface area contributed by atoms with Gasteiger partial charge < -0.3 is 9.52 Å². The molecule has 0 amide bonds. The third kappa shape index (κ3) is 1.95. The summed E-state index contributed by atoms with van der Waals surface area (Å²) < 4.78 is 5.56. The van der Waals surface area contributed by atoms with Crippen LogP contribution in [0.5, 0.6) is 0 Å². The SMILES string of the molecule is Cc1ccc(-c2ccc(CO)cc2C)o1. The van der Waals surface area contributed by atoms with Crippen molar-refractivity contribution < 1.29 is 9.52 Å². The highest BCUT2D eigenvalue weighted by molar-refractivity contribution is 5.62. The maximum absolute atomic E-state index is 9.00. The van der Waals surface area contributed by atoms with E-state index in [-0.39, 0.29) is 6.61 Å². The molecule has 1 aromatic heterocycles. The van der Waals surface area contributed by atoms with Crippen LogP contribution < -0.4 is 0 Å². The number of rotatable bonds is 2. The molecule has 0 spiro atoms. The summed E-state index contributed by atoms with van der Waals surface area (Å²) in [5.74, 6) is 1.80. The molecule has 0 aliphatic carbocycles. The average molecular weight is 202 g/mol. The van der Waals surface area contributed by atoms with Crippen molar-refractivity contribution in [2.24, 2.45) is 0 Å². The van der Waals surface area contributed by atoms with E-state index in [0.717, 1.165) is 28.2 Å². The van der Waals surface area contributed by atoms with Gasteiger partial charge in [-0.1, -0.05) is 18.2 Å². The van der Waals surface area contributed by atoms with E-state index >= 15 is 0 Å². The fourth-order valence-corrected chi connectivity index (χ4v) is 1.68. The van der Waals surface area contributed by atoms with Gasteiger partial charge in [0.2, 0.25) is 0 Å². The third-order valence-corrected chi connectivity index (χ3v) is 2.48. The van der Waals surface area contributed by atoms with Crippen molar-refractivity contribution in [3.05, 3.63) is 47.2 Å². The summed E-state index contributed by atoms with van der Waals surface area (Å²) in [6.07, 6.45) is 0. The zero-order chi connectivity index (χ0) is 10.8. The molecule has 0 bridgehead atoms. The Morgan fingerprint density at radius 2 is 1.93 bits per heavy atom. The summed E-state index contributed by atoms with van der Waals surface area (Å²) in [5, 5.41) is 9.00. The van der Waals surface area contributed by atoms with Gasteiger partial charge >= 0.3 is 0 Å². The molecule has 2 heteroatoms. The van der Waals surface area contributed by atoms with Crippen molar-refractivity contribution in [2.75, 3.05) is 0 Å². The maximum atomic E-state index is 9.00. The van der Waals surface area contributed by atoms with Crippen molar-refractivity contribution >= 4 is 0 Å². The summed E-state index contributed by atoms with van der Waals surface area (Å²) in [6.45, 7) is 4.03. The highest BCUT2D eigenvalue weighted by Gasteiger charge is 2.06. The summed E-state index contributed by atoms with van der Waals surface area (Å²) in [6, 6.07) is 9.80. The smallest absolute Gasteiger partial charge is 0.134 e. The number of furan rings is 1. The number of aryl methyl sites for hydroxylation is 2. The predicted molar refractivity (Wildman–Crippen MR) is 59.5 cm³/mol. The van der Waals surface area contributed by atoms with Crippen LogP contribution in [0.2, 0.25) is 0 Å². The van der Waals surface area contributed by atoms with Gasteiger partial charge in [-0.05, 0) is 37.1 Å². The van der Waals surface area contributed by atoms with E-state index in [0.29, 0.717) is 0 Å². The Morgan fingerprint density at radius 1 is 1.13 bits per heavy atom. The van der Waals surface area contributed by atoms with Crippen LogP contribution in [-0.4, -0.2) is 5.11 Å². The van der Waals surface area contributed by atoms with Gasteiger partial charge in [-0.15, -0.1) is 0 Å². The number of hydrogen-bond acceptors (Lipinski definition) is 2. The second kappa shape index (κ2) is 3.91. The molecule has 1 N–H and O–H groups in total. The maximum Gasteiger partial charge on any atom is 0.134 e. The van der Waals surface area contributed by atoms with Crippen LogP contribution in [0.4, 0.5) is 0 Å². The molecule has 0 saturated carbocycles. The highest BCUT2D eigenvalue weighted by atomic mass is 16.3. The van der Waals surface area contributed by atoms with Gasteiger partial charge in [-0.3, -0.25) is 0 Å². The number of hydrogen-bond donors (Lipinski definition) is 1. The molecule has 15 heavy (non-hydrogen) atoms. The zero-order valence-corrected chi connectivity index (χ0v) is 8.95. The van der Waals surface area contributed by atoms with Gasteiger partial charge in [0.25, 0.3) is 0 Å². The minimum atomic E-state index is 0.0816. The fourth-order valence-electron chi connectivity index (χ4n) is 1.68. The molecular formula is C13H14O2. The lowest BCUT2D eigenvalue weighted by Crippen LogP contribution is -1.87. The van der Waals surface area contributed by atoms with Crippen LogP contribution in [0.25, 0.3) is 11.3 Å². The van der Waals surface area contributed by atoms with E-state index in [1.165, 1.54) is 0 Å². The molecular weight excluding hydrogens is 188 g/mol. The normalized spacial score (nSPS) is 10.6. The number of aliphatic hydroxyl groups is 1. The van der Waals surface area contributed by atoms with Crippen molar-refractivity contribution in [1.82, 2.24) is 0 Å². The van der Waals surface area contributed by atoms with Crippen LogP contribution in [0.3, 0.4) is 0 Å². The summed E-state index contributed by atoms with van der Waals surface area (Å²) in [4.78, 5) is 0. The van der Waals surface area contributed by atoms with Crippen LogP contribution >= 0.6 is 0 Å². The topological polar surface area (TPSA) is 33.4 Å². The summed E-state index contributed by atoms with van der Waals surface area (Å²) in [7, 11) is 0. The lowest BCUT2D eigenvalue weighted by molar-refractivity contribution is 0.282. The standard InChI is InChI=1S/C13H14O2/c1-9-7-11(8-14)4-5-12(9)13-6-3-10(2)15-13/h3-7,14H,8H2,1-2H3. The molecule has 1 heterocycles. The molecule has 0 radical (unpaired) electrons. The predicted octanol–water partition coefficient (Wildman–Crippen LogP) is 3.06. The van der Waals surface area contributed by atoms with Gasteiger partial charge in [-0.25, -0.2) is 0 Å². The minimum Gasteiger partial charge on any atom is -0.461 e. The molecule has 0 fully saturated rings. The Hall–Kier alpha value is -1.54. The van der Waals surface area contributed by atoms with E-state index in [2.05, 4.69) is 0 Å². The lowest BCUT2D eigenvalue weighted by atomic mass is 10.0. The van der Waals surface area contributed by atoms with Gasteiger partial charge in [0.1, 0.15) is 11.5 Å². The Balaban J connectivity index is 2.45. The van der Waals surface area contributed by atoms with E-state index in [1.54, 1.807) is 0 Å². The first-order valence-electron chi connectivity index (χ1n) is 4.98. The summed E-state index contributed by atoms with van der Waals surface area (Å²) in [5.41, 5.74) is 3.13. The lowest BCUT2D eigenvalue weighted by Gasteiger charge is -2.04. The fraction of sp³-hybridized carbons (Fsp3) is 0.231. The molecule has 2 nitrogen and oxygen atoms in total. The minimum absolute atomic E-state index is 0.0816. The number of benzene rings is 1. The van der Waals surface area contributed by atoms with Crippen LogP contribution in [0, 0.1) is 13.8 Å². The summed E-state index contributed by atoms with van der Waals surface area (Å²) >= 11 is 0. The van der Waals surface area contributed by atoms with E-state index in [9.17, 15) is 0 Å². The molecule has 0 saturated heterocycles. The molecule has 1 aromatic carbocycles. The molecule has 0 atom stereocenters. The van der Waals surface area contributed by atoms with Crippen molar-refractivity contribution in [3.63, 3.8) is 0 Å². The Bertz CT molecular complexity index is 469. The van der Waals surface area contributed by atoms with Crippen molar-refractivity contribution in [3.8, 4) is 11.3 Å². The largest absolute Gasteiger partial charge is 0.461 e. The van der Waals surface area contributed by atoms with E-state index < -0.39 is 0 Å². The molecule has 0 aliphatic rings. The molecule has 2 aromatic rings. The molecule has 78 valence electrons. The molecule has 0 unspecified atom stereocenters. The van der Waals surface area contributed by atoms with Crippen molar-refractivity contribution in [1.29, 1.82) is 0 Å². The second-order valence-electron chi connectivity index (χ2n) is 3.72. The van der Waals surface area contributed by atoms with Crippen LogP contribution in [-0.2, 0) is 6.61 Å². The molecule has 2 rings (SSSR count). The quantitative estimate of drug-likeness (QED) is 0.811. The van der Waals surface area contributed by atoms with E-state index in [1.807, 2.05) is 44.2 Å². The average Bonchev–Trinajstić information content (AvgIpc) is 2.64. The van der Waals surface area contributed by atoms with Gasteiger partial charge in [0, 0.05) is 5.56 Å². The Labute approximate surface area is 89.2 Å². The zero-order valence-electron chi connectivity index (χ0n) is 8.95.